The van der Waals surface area contributed by atoms with Gasteiger partial charge in [0.1, 0.15) is 17.3 Å². The van der Waals surface area contributed by atoms with Crippen molar-refractivity contribution in [2.75, 3.05) is 13.7 Å². The lowest BCUT2D eigenvalue weighted by molar-refractivity contribution is 0.0917. The summed E-state index contributed by atoms with van der Waals surface area (Å²) in [5.41, 5.74) is 3.34. The number of ether oxygens (including phenoxy) is 1. The Kier molecular flexibility index (Phi) is 4.57. The van der Waals surface area contributed by atoms with Gasteiger partial charge in [0.25, 0.3) is 5.91 Å². The molecule has 0 aliphatic heterocycles. The second-order valence-electron chi connectivity index (χ2n) is 6.01. The number of hydrogen-bond acceptors (Lipinski definition) is 5. The minimum absolute atomic E-state index is 0.172. The zero-order valence-electron chi connectivity index (χ0n) is 14.7. The number of carbonyl (C=O) groups is 1. The first kappa shape index (κ1) is 16.8. The third-order valence-electron chi connectivity index (χ3n) is 4.21. The maximum absolute atomic E-state index is 12.3. The summed E-state index contributed by atoms with van der Waals surface area (Å²) in [4.78, 5) is 20.0. The molecule has 2 aromatic heterocycles. The van der Waals surface area contributed by atoms with Crippen LogP contribution in [0.25, 0.3) is 22.3 Å². The van der Waals surface area contributed by atoms with Gasteiger partial charge >= 0.3 is 0 Å². The lowest BCUT2D eigenvalue weighted by atomic mass is 10.1. The van der Waals surface area contributed by atoms with Gasteiger partial charge in [0.05, 0.1) is 18.1 Å². The van der Waals surface area contributed by atoms with E-state index in [0.29, 0.717) is 18.7 Å². The molecule has 7 nitrogen and oxygen atoms in total. The summed E-state index contributed by atoms with van der Waals surface area (Å²) in [6.45, 7) is 0.442. The molecule has 0 aliphatic carbocycles. The van der Waals surface area contributed by atoms with Gasteiger partial charge in [-0.2, -0.15) is 0 Å². The van der Waals surface area contributed by atoms with E-state index in [4.69, 9.17) is 9.26 Å². The molecule has 0 bridgehead atoms. The topological polar surface area (TPSA) is 93.0 Å². The van der Waals surface area contributed by atoms with Gasteiger partial charge in [0.15, 0.2) is 0 Å². The Hall–Kier alpha value is -3.61. The molecule has 2 N–H and O–H groups in total. The van der Waals surface area contributed by atoms with E-state index in [1.165, 1.54) is 0 Å². The fourth-order valence-corrected chi connectivity index (χ4v) is 2.79. The second-order valence-corrected chi connectivity index (χ2v) is 6.01. The van der Waals surface area contributed by atoms with Crippen molar-refractivity contribution in [3.63, 3.8) is 0 Å². The zero-order valence-corrected chi connectivity index (χ0v) is 14.7. The maximum Gasteiger partial charge on any atom is 0.289 e. The van der Waals surface area contributed by atoms with Crippen LogP contribution in [0.2, 0.25) is 0 Å². The number of aromatic nitrogens is 3. The van der Waals surface area contributed by atoms with Crippen molar-refractivity contribution in [3.8, 4) is 17.0 Å². The van der Waals surface area contributed by atoms with Crippen LogP contribution in [0.1, 0.15) is 16.4 Å². The van der Waals surface area contributed by atoms with Crippen molar-refractivity contribution in [2.45, 2.75) is 6.42 Å². The fraction of sp³-hybridized carbons (Fsp3) is 0.150. The number of hydrogen-bond donors (Lipinski definition) is 2. The van der Waals surface area contributed by atoms with Gasteiger partial charge in [-0.15, -0.1) is 0 Å². The second kappa shape index (κ2) is 7.33. The van der Waals surface area contributed by atoms with Gasteiger partial charge in [-0.05, 0) is 36.4 Å². The summed E-state index contributed by atoms with van der Waals surface area (Å²) < 4.78 is 10.3. The Bertz CT molecular complexity index is 1030. The highest BCUT2D eigenvalue weighted by atomic mass is 16.5. The van der Waals surface area contributed by atoms with Crippen LogP contribution in [-0.4, -0.2) is 34.7 Å². The van der Waals surface area contributed by atoms with Crippen LogP contribution in [0.5, 0.6) is 5.75 Å². The molecule has 0 saturated carbocycles. The van der Waals surface area contributed by atoms with Crippen molar-refractivity contribution in [2.24, 2.45) is 0 Å². The maximum atomic E-state index is 12.3. The van der Waals surface area contributed by atoms with Crippen LogP contribution >= 0.6 is 0 Å². The highest BCUT2D eigenvalue weighted by molar-refractivity contribution is 5.92. The monoisotopic (exact) mass is 362 g/mol. The number of nitrogens with one attached hydrogen (secondary N) is 2. The Labute approximate surface area is 155 Å². The first-order valence-electron chi connectivity index (χ1n) is 8.56. The number of amides is 1. The van der Waals surface area contributed by atoms with E-state index < -0.39 is 0 Å². The predicted octanol–water partition coefficient (Wildman–Crippen LogP) is 3.20. The molecule has 0 saturated heterocycles. The number of benzene rings is 2. The number of nitrogens with zero attached hydrogens (tertiary/aromatic N) is 2. The van der Waals surface area contributed by atoms with Crippen LogP contribution in [0.4, 0.5) is 0 Å². The Morgan fingerprint density at radius 2 is 2.00 bits per heavy atom. The number of carbonyl (C=O) groups excluding carboxylic acids is 1. The molecule has 0 atom stereocenters. The molecule has 7 heteroatoms. The molecule has 1 amide bonds. The first-order chi connectivity index (χ1) is 13.2. The molecule has 136 valence electrons. The third kappa shape index (κ3) is 3.67. The van der Waals surface area contributed by atoms with Gasteiger partial charge in [0, 0.05) is 24.6 Å². The zero-order chi connectivity index (χ0) is 18.6. The molecule has 0 radical (unpaired) electrons. The van der Waals surface area contributed by atoms with E-state index in [9.17, 15) is 4.79 Å². The van der Waals surface area contributed by atoms with E-state index in [0.717, 1.165) is 28.2 Å². The van der Waals surface area contributed by atoms with Gasteiger partial charge in [-0.1, -0.05) is 17.3 Å². The minimum atomic E-state index is -0.307. The molecule has 0 aliphatic rings. The van der Waals surface area contributed by atoms with Crippen molar-refractivity contribution in [3.05, 3.63) is 66.2 Å². The third-order valence-corrected chi connectivity index (χ3v) is 4.21. The lowest BCUT2D eigenvalue weighted by Crippen LogP contribution is -2.25. The highest BCUT2D eigenvalue weighted by Gasteiger charge is 2.14. The minimum Gasteiger partial charge on any atom is -0.497 e. The van der Waals surface area contributed by atoms with Gasteiger partial charge in [0.2, 0.25) is 5.76 Å². The van der Waals surface area contributed by atoms with Gasteiger partial charge in [-0.3, -0.25) is 4.79 Å². The van der Waals surface area contributed by atoms with Crippen LogP contribution in [-0.2, 0) is 6.42 Å². The standard InChI is InChI=1S/C20H18N4O3/c1-26-14-8-6-13(7-9-14)17-12-18(27-24-17)20(25)21-11-10-19-22-15-4-2-3-5-16(15)23-19/h2-9,12H,10-11H2,1H3,(H,21,25)(H,22,23). The number of fused-ring (bicyclic) bond motifs is 1. The van der Waals surface area contributed by atoms with Crippen molar-refractivity contribution in [1.29, 1.82) is 0 Å². The molecular formula is C20H18N4O3. The molecule has 27 heavy (non-hydrogen) atoms. The molecule has 2 heterocycles. The Balaban J connectivity index is 1.36. The van der Waals surface area contributed by atoms with E-state index in [1.54, 1.807) is 13.2 Å². The smallest absolute Gasteiger partial charge is 0.289 e. The van der Waals surface area contributed by atoms with E-state index in [-0.39, 0.29) is 11.7 Å². The summed E-state index contributed by atoms with van der Waals surface area (Å²) in [6, 6.07) is 16.8. The van der Waals surface area contributed by atoms with Crippen molar-refractivity contribution < 1.29 is 14.1 Å². The lowest BCUT2D eigenvalue weighted by Gasteiger charge is -2.00. The number of H-pyrrole nitrogens is 1. The molecule has 0 unspecified atom stereocenters. The summed E-state index contributed by atoms with van der Waals surface area (Å²) in [5, 5.41) is 6.79. The van der Waals surface area contributed by atoms with Crippen LogP contribution in [0, 0.1) is 0 Å². The largest absolute Gasteiger partial charge is 0.497 e. The Morgan fingerprint density at radius 1 is 1.19 bits per heavy atom. The number of imidazole rings is 1. The van der Waals surface area contributed by atoms with Crippen molar-refractivity contribution >= 4 is 16.9 Å². The molecule has 0 fully saturated rings. The summed E-state index contributed by atoms with van der Waals surface area (Å²) in [5.74, 6) is 1.45. The molecule has 4 aromatic rings. The Morgan fingerprint density at radius 3 is 2.78 bits per heavy atom. The number of methoxy groups -OCH3 is 1. The van der Waals surface area contributed by atoms with Gasteiger partial charge < -0.3 is 19.6 Å². The quantitative estimate of drug-likeness (QED) is 0.549. The average molecular weight is 362 g/mol. The SMILES string of the molecule is COc1ccc(-c2cc(C(=O)NCCc3nc4ccccc4[nH]3)on2)cc1. The predicted molar refractivity (Wildman–Crippen MR) is 101 cm³/mol. The van der Waals surface area contributed by atoms with Crippen LogP contribution in [0.3, 0.4) is 0 Å². The molecule has 2 aromatic carbocycles. The van der Waals surface area contributed by atoms with Crippen LogP contribution in [0.15, 0.2) is 59.1 Å². The molecule has 4 rings (SSSR count). The van der Waals surface area contributed by atoms with Crippen LogP contribution < -0.4 is 10.1 Å². The molecule has 0 spiro atoms. The normalized spacial score (nSPS) is 10.9. The molecular weight excluding hydrogens is 344 g/mol. The van der Waals surface area contributed by atoms with Gasteiger partial charge in [-0.25, -0.2) is 4.98 Å². The first-order valence-corrected chi connectivity index (χ1v) is 8.56. The van der Waals surface area contributed by atoms with Crippen molar-refractivity contribution in [1.82, 2.24) is 20.4 Å². The fourth-order valence-electron chi connectivity index (χ4n) is 2.79. The number of rotatable bonds is 6. The summed E-state index contributed by atoms with van der Waals surface area (Å²) in [6.07, 6.45) is 0.597. The van der Waals surface area contributed by atoms with E-state index in [2.05, 4.69) is 20.4 Å². The van der Waals surface area contributed by atoms with E-state index >= 15 is 0 Å². The average Bonchev–Trinajstić information content (AvgIpc) is 3.35. The summed E-state index contributed by atoms with van der Waals surface area (Å²) >= 11 is 0. The summed E-state index contributed by atoms with van der Waals surface area (Å²) in [7, 11) is 1.61. The number of para-hydroxylation sites is 2. The van der Waals surface area contributed by atoms with E-state index in [1.807, 2.05) is 48.5 Å². The highest BCUT2D eigenvalue weighted by Crippen LogP contribution is 2.22. The number of aromatic amines is 1.